The van der Waals surface area contributed by atoms with Crippen molar-refractivity contribution in [2.45, 2.75) is 38.1 Å². The van der Waals surface area contributed by atoms with E-state index in [1.165, 1.54) is 25.7 Å². The standard InChI is InChI=1S/C11H22N2/c1-3-8-13-11(9-12)7-5-6-10(11)4-2/h3,10,13H,1,4-9,12H2,2H3. The molecule has 1 rings (SSSR count). The van der Waals surface area contributed by atoms with Gasteiger partial charge in [-0.3, -0.25) is 0 Å². The third-order valence-electron chi connectivity index (χ3n) is 3.41. The molecule has 0 radical (unpaired) electrons. The predicted molar refractivity (Wildman–Crippen MR) is 57.6 cm³/mol. The molecule has 2 unspecified atom stereocenters. The number of rotatable bonds is 5. The van der Waals surface area contributed by atoms with E-state index in [2.05, 4.69) is 18.8 Å². The third kappa shape index (κ3) is 2.12. The third-order valence-corrected chi connectivity index (χ3v) is 3.41. The van der Waals surface area contributed by atoms with Crippen molar-refractivity contribution in [1.29, 1.82) is 0 Å². The minimum Gasteiger partial charge on any atom is -0.329 e. The van der Waals surface area contributed by atoms with E-state index in [4.69, 9.17) is 5.73 Å². The monoisotopic (exact) mass is 182 g/mol. The summed E-state index contributed by atoms with van der Waals surface area (Å²) in [4.78, 5) is 0. The van der Waals surface area contributed by atoms with Gasteiger partial charge in [0.1, 0.15) is 0 Å². The van der Waals surface area contributed by atoms with Crippen LogP contribution in [0.25, 0.3) is 0 Å². The Morgan fingerprint density at radius 3 is 3.00 bits per heavy atom. The lowest BCUT2D eigenvalue weighted by molar-refractivity contribution is 0.254. The first-order chi connectivity index (χ1) is 6.29. The molecule has 13 heavy (non-hydrogen) atoms. The van der Waals surface area contributed by atoms with Crippen molar-refractivity contribution < 1.29 is 0 Å². The van der Waals surface area contributed by atoms with E-state index in [9.17, 15) is 0 Å². The Morgan fingerprint density at radius 2 is 2.46 bits per heavy atom. The van der Waals surface area contributed by atoms with Gasteiger partial charge in [0, 0.05) is 18.6 Å². The second kappa shape index (κ2) is 4.77. The number of nitrogens with one attached hydrogen (secondary N) is 1. The molecule has 1 aliphatic rings. The summed E-state index contributed by atoms with van der Waals surface area (Å²) in [6.45, 7) is 7.64. The van der Waals surface area contributed by atoms with Gasteiger partial charge in [-0.2, -0.15) is 0 Å². The van der Waals surface area contributed by atoms with Crippen LogP contribution >= 0.6 is 0 Å². The summed E-state index contributed by atoms with van der Waals surface area (Å²) in [5, 5.41) is 3.55. The average Bonchev–Trinajstić information content (AvgIpc) is 2.58. The van der Waals surface area contributed by atoms with Gasteiger partial charge in [0.2, 0.25) is 0 Å². The van der Waals surface area contributed by atoms with E-state index in [0.29, 0.717) is 0 Å². The fourth-order valence-corrected chi connectivity index (χ4v) is 2.59. The van der Waals surface area contributed by atoms with Crippen molar-refractivity contribution in [3.8, 4) is 0 Å². The van der Waals surface area contributed by atoms with Crippen LogP contribution in [0, 0.1) is 5.92 Å². The van der Waals surface area contributed by atoms with Crippen LogP contribution in [0.15, 0.2) is 12.7 Å². The molecule has 0 aromatic rings. The van der Waals surface area contributed by atoms with Crippen molar-refractivity contribution in [2.24, 2.45) is 11.7 Å². The number of hydrogen-bond donors (Lipinski definition) is 2. The van der Waals surface area contributed by atoms with Crippen LogP contribution in [0.4, 0.5) is 0 Å². The molecule has 0 aromatic carbocycles. The van der Waals surface area contributed by atoms with Gasteiger partial charge >= 0.3 is 0 Å². The molecule has 0 spiro atoms. The van der Waals surface area contributed by atoms with Crippen molar-refractivity contribution in [3.63, 3.8) is 0 Å². The SMILES string of the molecule is C=CCNC1(CN)CCCC1CC. The van der Waals surface area contributed by atoms with Gasteiger partial charge in [-0.25, -0.2) is 0 Å². The maximum Gasteiger partial charge on any atom is 0.0334 e. The lowest BCUT2D eigenvalue weighted by Gasteiger charge is -2.35. The van der Waals surface area contributed by atoms with Gasteiger partial charge in [0.25, 0.3) is 0 Å². The smallest absolute Gasteiger partial charge is 0.0334 e. The van der Waals surface area contributed by atoms with Crippen LogP contribution in [0.3, 0.4) is 0 Å². The highest BCUT2D eigenvalue weighted by atomic mass is 15.0. The number of nitrogens with two attached hydrogens (primary N) is 1. The molecular formula is C11H22N2. The molecule has 3 N–H and O–H groups in total. The van der Waals surface area contributed by atoms with E-state index >= 15 is 0 Å². The molecule has 0 saturated heterocycles. The number of hydrogen-bond acceptors (Lipinski definition) is 2. The van der Waals surface area contributed by atoms with E-state index in [0.717, 1.165) is 19.0 Å². The van der Waals surface area contributed by atoms with Gasteiger partial charge in [-0.05, 0) is 18.8 Å². The fraction of sp³-hybridized carbons (Fsp3) is 0.818. The van der Waals surface area contributed by atoms with Gasteiger partial charge in [-0.15, -0.1) is 6.58 Å². The second-order valence-electron chi connectivity index (χ2n) is 4.03. The summed E-state index contributed by atoms with van der Waals surface area (Å²) in [7, 11) is 0. The zero-order valence-corrected chi connectivity index (χ0v) is 8.68. The minimum atomic E-state index is 0.211. The molecule has 0 heterocycles. The van der Waals surface area contributed by atoms with Crippen LogP contribution < -0.4 is 11.1 Å². The topological polar surface area (TPSA) is 38.0 Å². The molecule has 0 amide bonds. The second-order valence-corrected chi connectivity index (χ2v) is 4.03. The highest BCUT2D eigenvalue weighted by molar-refractivity contribution is 5.00. The molecule has 1 fully saturated rings. The first-order valence-corrected chi connectivity index (χ1v) is 5.35. The van der Waals surface area contributed by atoms with Gasteiger partial charge in [0.15, 0.2) is 0 Å². The van der Waals surface area contributed by atoms with Crippen LogP contribution in [-0.2, 0) is 0 Å². The highest BCUT2D eigenvalue weighted by Crippen LogP contribution is 2.36. The molecular weight excluding hydrogens is 160 g/mol. The van der Waals surface area contributed by atoms with Crippen LogP contribution in [0.1, 0.15) is 32.6 Å². The van der Waals surface area contributed by atoms with Crippen molar-refractivity contribution in [3.05, 3.63) is 12.7 Å². The van der Waals surface area contributed by atoms with Gasteiger partial charge in [0.05, 0.1) is 0 Å². The van der Waals surface area contributed by atoms with Crippen molar-refractivity contribution in [2.75, 3.05) is 13.1 Å². The Bertz CT molecular complexity index is 167. The molecule has 2 atom stereocenters. The first kappa shape index (κ1) is 10.7. The molecule has 1 aliphatic carbocycles. The van der Waals surface area contributed by atoms with Gasteiger partial charge in [-0.1, -0.05) is 25.8 Å². The minimum absolute atomic E-state index is 0.211. The van der Waals surface area contributed by atoms with E-state index in [1.807, 2.05) is 6.08 Å². The van der Waals surface area contributed by atoms with E-state index < -0.39 is 0 Å². The molecule has 2 heteroatoms. The summed E-state index contributed by atoms with van der Waals surface area (Å²) < 4.78 is 0. The molecule has 0 aromatic heterocycles. The Morgan fingerprint density at radius 1 is 1.69 bits per heavy atom. The Hall–Kier alpha value is -0.340. The van der Waals surface area contributed by atoms with Crippen molar-refractivity contribution in [1.82, 2.24) is 5.32 Å². The van der Waals surface area contributed by atoms with Crippen LogP contribution in [-0.4, -0.2) is 18.6 Å². The Labute approximate surface area is 81.6 Å². The Kier molecular flexibility index (Phi) is 3.94. The first-order valence-electron chi connectivity index (χ1n) is 5.35. The van der Waals surface area contributed by atoms with E-state index in [1.54, 1.807) is 0 Å². The quantitative estimate of drug-likeness (QED) is 0.635. The van der Waals surface area contributed by atoms with Gasteiger partial charge < -0.3 is 11.1 Å². The van der Waals surface area contributed by atoms with Crippen molar-refractivity contribution >= 4 is 0 Å². The summed E-state index contributed by atoms with van der Waals surface area (Å²) in [5.74, 6) is 0.762. The Balaban J connectivity index is 2.60. The zero-order chi connectivity index (χ0) is 9.73. The summed E-state index contributed by atoms with van der Waals surface area (Å²) in [6, 6.07) is 0. The molecule has 0 aliphatic heterocycles. The summed E-state index contributed by atoms with van der Waals surface area (Å²) >= 11 is 0. The molecule has 1 saturated carbocycles. The largest absolute Gasteiger partial charge is 0.329 e. The van der Waals surface area contributed by atoms with Crippen LogP contribution in [0.2, 0.25) is 0 Å². The maximum absolute atomic E-state index is 5.88. The van der Waals surface area contributed by atoms with E-state index in [-0.39, 0.29) is 5.54 Å². The predicted octanol–water partition coefficient (Wildman–Crippen LogP) is 1.67. The lowest BCUT2D eigenvalue weighted by Crippen LogP contribution is -2.53. The molecule has 2 nitrogen and oxygen atoms in total. The molecule has 76 valence electrons. The van der Waals surface area contributed by atoms with Crippen LogP contribution in [0.5, 0.6) is 0 Å². The summed E-state index contributed by atoms with van der Waals surface area (Å²) in [5.41, 5.74) is 6.09. The molecule has 0 bridgehead atoms. The highest BCUT2D eigenvalue weighted by Gasteiger charge is 2.39. The fourth-order valence-electron chi connectivity index (χ4n) is 2.59. The normalized spacial score (nSPS) is 33.5. The average molecular weight is 182 g/mol. The summed E-state index contributed by atoms with van der Waals surface area (Å²) in [6.07, 6.45) is 7.04. The zero-order valence-electron chi connectivity index (χ0n) is 8.68. The lowest BCUT2D eigenvalue weighted by atomic mass is 9.85. The maximum atomic E-state index is 5.88.